The summed E-state index contributed by atoms with van der Waals surface area (Å²) in [5.74, 6) is 0.333. The number of nitrogens with zero attached hydrogens (tertiary/aromatic N) is 3. The smallest absolute Gasteiger partial charge is 0.276 e. The van der Waals surface area contributed by atoms with Gasteiger partial charge in [0.1, 0.15) is 0 Å². The Morgan fingerprint density at radius 2 is 2.50 bits per heavy atom. The van der Waals surface area contributed by atoms with Crippen LogP contribution in [0.3, 0.4) is 0 Å². The van der Waals surface area contributed by atoms with Crippen molar-refractivity contribution >= 4 is 5.91 Å². The van der Waals surface area contributed by atoms with Crippen LogP contribution in [-0.4, -0.2) is 45.9 Å². The number of aromatic amines is 1. The predicted octanol–water partition coefficient (Wildman–Crippen LogP) is 0.00410. The minimum absolute atomic E-state index is 0.0842. The molecular weight excluding hydrogens is 206 g/mol. The lowest BCUT2D eigenvalue weighted by Crippen LogP contribution is -2.41. The molecule has 6 nitrogen and oxygen atoms in total. The third kappa shape index (κ3) is 1.92. The van der Waals surface area contributed by atoms with Crippen LogP contribution in [0.1, 0.15) is 29.8 Å². The summed E-state index contributed by atoms with van der Waals surface area (Å²) in [5, 5.41) is 9.89. The number of H-pyrrole nitrogens is 1. The molecule has 2 rings (SSSR count). The highest BCUT2D eigenvalue weighted by molar-refractivity contribution is 5.91. The van der Waals surface area contributed by atoms with Crippen molar-refractivity contribution in [1.82, 2.24) is 20.3 Å². The molecule has 0 aromatic carbocycles. The second kappa shape index (κ2) is 4.61. The van der Waals surface area contributed by atoms with Gasteiger partial charge in [-0.3, -0.25) is 4.79 Å². The van der Waals surface area contributed by atoms with Crippen molar-refractivity contribution in [2.45, 2.75) is 25.3 Å². The van der Waals surface area contributed by atoms with Gasteiger partial charge in [-0.2, -0.15) is 15.4 Å². The van der Waals surface area contributed by atoms with Gasteiger partial charge in [-0.1, -0.05) is 6.42 Å². The number of amides is 1. The van der Waals surface area contributed by atoms with Crippen molar-refractivity contribution in [3.8, 4) is 0 Å². The van der Waals surface area contributed by atoms with Gasteiger partial charge < -0.3 is 10.6 Å². The molecule has 1 amide bonds. The zero-order valence-electron chi connectivity index (χ0n) is 9.39. The summed E-state index contributed by atoms with van der Waals surface area (Å²) in [6.45, 7) is 0.640. The van der Waals surface area contributed by atoms with Crippen LogP contribution in [0.2, 0.25) is 0 Å². The number of rotatable bonds is 3. The Hall–Kier alpha value is -1.43. The molecule has 16 heavy (non-hydrogen) atoms. The fourth-order valence-corrected chi connectivity index (χ4v) is 2.44. The van der Waals surface area contributed by atoms with E-state index in [0.29, 0.717) is 18.2 Å². The second-order valence-electron chi connectivity index (χ2n) is 4.27. The maximum atomic E-state index is 12.0. The van der Waals surface area contributed by atoms with Gasteiger partial charge in [0.05, 0.1) is 6.20 Å². The Morgan fingerprint density at radius 3 is 3.12 bits per heavy atom. The minimum Gasteiger partial charge on any atom is -0.337 e. The van der Waals surface area contributed by atoms with Crippen molar-refractivity contribution < 1.29 is 4.79 Å². The van der Waals surface area contributed by atoms with E-state index >= 15 is 0 Å². The van der Waals surface area contributed by atoms with Crippen LogP contribution >= 0.6 is 0 Å². The largest absolute Gasteiger partial charge is 0.337 e. The van der Waals surface area contributed by atoms with Crippen LogP contribution in [0, 0.1) is 5.92 Å². The molecular formula is C10H17N5O. The maximum Gasteiger partial charge on any atom is 0.276 e. The van der Waals surface area contributed by atoms with Crippen LogP contribution in [0.5, 0.6) is 0 Å². The number of carbonyl (C=O) groups is 1. The highest BCUT2D eigenvalue weighted by Crippen LogP contribution is 2.28. The summed E-state index contributed by atoms with van der Waals surface area (Å²) in [6, 6.07) is 0.245. The van der Waals surface area contributed by atoms with E-state index in [-0.39, 0.29) is 11.9 Å². The monoisotopic (exact) mass is 223 g/mol. The molecule has 6 heteroatoms. The molecule has 3 N–H and O–H groups in total. The highest BCUT2D eigenvalue weighted by Gasteiger charge is 2.32. The molecule has 1 saturated carbocycles. The Labute approximate surface area is 94.2 Å². The molecule has 0 radical (unpaired) electrons. The molecule has 0 spiro atoms. The van der Waals surface area contributed by atoms with Gasteiger partial charge in [-0.15, -0.1) is 0 Å². The van der Waals surface area contributed by atoms with Crippen molar-refractivity contribution in [2.24, 2.45) is 11.7 Å². The van der Waals surface area contributed by atoms with E-state index in [9.17, 15) is 4.79 Å². The van der Waals surface area contributed by atoms with Crippen LogP contribution in [0.15, 0.2) is 6.20 Å². The topological polar surface area (TPSA) is 87.9 Å². The Kier molecular flexibility index (Phi) is 3.19. The molecule has 88 valence electrons. The van der Waals surface area contributed by atoms with Gasteiger partial charge in [0.25, 0.3) is 5.91 Å². The lowest BCUT2D eigenvalue weighted by Gasteiger charge is -2.28. The summed E-state index contributed by atoms with van der Waals surface area (Å²) >= 11 is 0. The SMILES string of the molecule is CN(C(=O)c1cn[nH]n1)C1CCCC1CN. The van der Waals surface area contributed by atoms with E-state index in [1.54, 1.807) is 4.90 Å². The molecule has 1 aliphatic carbocycles. The molecule has 0 bridgehead atoms. The molecule has 1 aliphatic rings. The Morgan fingerprint density at radius 1 is 1.69 bits per heavy atom. The fourth-order valence-electron chi connectivity index (χ4n) is 2.44. The normalized spacial score (nSPS) is 24.6. The van der Waals surface area contributed by atoms with Gasteiger partial charge in [0.15, 0.2) is 5.69 Å². The zero-order chi connectivity index (χ0) is 11.5. The van der Waals surface area contributed by atoms with E-state index in [2.05, 4.69) is 15.4 Å². The lowest BCUT2D eigenvalue weighted by atomic mass is 10.0. The van der Waals surface area contributed by atoms with Crippen molar-refractivity contribution in [3.05, 3.63) is 11.9 Å². The number of hydrogen-bond donors (Lipinski definition) is 2. The number of nitrogens with one attached hydrogen (secondary N) is 1. The summed E-state index contributed by atoms with van der Waals surface area (Å²) in [6.07, 6.45) is 4.73. The number of aromatic nitrogens is 3. The zero-order valence-corrected chi connectivity index (χ0v) is 9.39. The first-order valence-corrected chi connectivity index (χ1v) is 5.57. The van der Waals surface area contributed by atoms with E-state index < -0.39 is 0 Å². The fraction of sp³-hybridized carbons (Fsp3) is 0.700. The van der Waals surface area contributed by atoms with Crippen molar-refractivity contribution in [1.29, 1.82) is 0 Å². The third-order valence-corrected chi connectivity index (χ3v) is 3.37. The molecule has 1 aromatic rings. The van der Waals surface area contributed by atoms with Gasteiger partial charge in [0, 0.05) is 13.1 Å². The lowest BCUT2D eigenvalue weighted by molar-refractivity contribution is 0.0694. The summed E-state index contributed by atoms with van der Waals surface area (Å²) in [7, 11) is 1.82. The minimum atomic E-state index is -0.0842. The second-order valence-corrected chi connectivity index (χ2v) is 4.27. The Balaban J connectivity index is 2.07. The van der Waals surface area contributed by atoms with Gasteiger partial charge in [0.2, 0.25) is 0 Å². The predicted molar refractivity (Wildman–Crippen MR) is 58.7 cm³/mol. The van der Waals surface area contributed by atoms with Crippen molar-refractivity contribution in [3.63, 3.8) is 0 Å². The van der Waals surface area contributed by atoms with Gasteiger partial charge in [-0.25, -0.2) is 0 Å². The highest BCUT2D eigenvalue weighted by atomic mass is 16.2. The van der Waals surface area contributed by atoms with Gasteiger partial charge in [-0.05, 0) is 25.3 Å². The van der Waals surface area contributed by atoms with Crippen LogP contribution in [0.25, 0.3) is 0 Å². The standard InChI is InChI=1S/C10H17N5O/c1-15(9-4-2-3-7(9)5-11)10(16)8-6-12-14-13-8/h6-7,9H,2-5,11H2,1H3,(H,12,13,14). The van der Waals surface area contributed by atoms with E-state index in [1.807, 2.05) is 7.05 Å². The summed E-state index contributed by atoms with van der Waals surface area (Å²) < 4.78 is 0. The van der Waals surface area contributed by atoms with E-state index in [0.717, 1.165) is 19.3 Å². The Bertz CT molecular complexity index is 350. The first-order valence-electron chi connectivity index (χ1n) is 5.57. The van der Waals surface area contributed by atoms with Crippen LogP contribution in [-0.2, 0) is 0 Å². The molecule has 0 saturated heterocycles. The third-order valence-electron chi connectivity index (χ3n) is 3.37. The first kappa shape index (κ1) is 11.1. The molecule has 2 unspecified atom stereocenters. The summed E-state index contributed by atoms with van der Waals surface area (Å²) in [5.41, 5.74) is 6.07. The van der Waals surface area contributed by atoms with Crippen LogP contribution in [0.4, 0.5) is 0 Å². The number of nitrogens with two attached hydrogens (primary N) is 1. The first-order chi connectivity index (χ1) is 7.74. The average molecular weight is 223 g/mol. The molecule has 0 aliphatic heterocycles. The number of hydrogen-bond acceptors (Lipinski definition) is 4. The molecule has 1 fully saturated rings. The summed E-state index contributed by atoms with van der Waals surface area (Å²) in [4.78, 5) is 13.8. The molecule has 2 atom stereocenters. The van der Waals surface area contributed by atoms with E-state index in [4.69, 9.17) is 5.73 Å². The average Bonchev–Trinajstić information content (AvgIpc) is 2.97. The van der Waals surface area contributed by atoms with Crippen molar-refractivity contribution in [2.75, 3.05) is 13.6 Å². The maximum absolute atomic E-state index is 12.0. The molecule has 1 heterocycles. The van der Waals surface area contributed by atoms with E-state index in [1.165, 1.54) is 6.20 Å². The number of carbonyl (C=O) groups excluding carboxylic acids is 1. The van der Waals surface area contributed by atoms with Gasteiger partial charge >= 0.3 is 0 Å². The molecule has 1 aromatic heterocycles. The van der Waals surface area contributed by atoms with Crippen LogP contribution < -0.4 is 5.73 Å². The quantitative estimate of drug-likeness (QED) is 0.755.